The van der Waals surface area contributed by atoms with Gasteiger partial charge in [0.25, 0.3) is 5.91 Å². The average molecular weight is 273 g/mol. The van der Waals surface area contributed by atoms with Crippen LogP contribution in [0.15, 0.2) is 24.3 Å². The molecule has 0 saturated carbocycles. The summed E-state index contributed by atoms with van der Waals surface area (Å²) in [5.74, 6) is -0.0887. The van der Waals surface area contributed by atoms with Crippen LogP contribution < -0.4 is 5.73 Å². The van der Waals surface area contributed by atoms with Gasteiger partial charge >= 0.3 is 0 Å². The van der Waals surface area contributed by atoms with Gasteiger partial charge in [-0.2, -0.15) is 0 Å². The van der Waals surface area contributed by atoms with Crippen molar-refractivity contribution in [2.24, 2.45) is 0 Å². The highest BCUT2D eigenvalue weighted by molar-refractivity contribution is 5.93. The maximum atomic E-state index is 12.3. The van der Waals surface area contributed by atoms with Gasteiger partial charge in [-0.1, -0.05) is 5.21 Å². The number of anilines is 1. The van der Waals surface area contributed by atoms with E-state index in [1.54, 1.807) is 21.7 Å². The Kier molecular flexibility index (Phi) is 4.02. The van der Waals surface area contributed by atoms with Crippen molar-refractivity contribution < 1.29 is 4.79 Å². The molecule has 0 bridgehead atoms. The van der Waals surface area contributed by atoms with Gasteiger partial charge in [-0.05, 0) is 45.0 Å². The summed E-state index contributed by atoms with van der Waals surface area (Å²) in [6.45, 7) is 7.04. The zero-order valence-corrected chi connectivity index (χ0v) is 12.0. The first kappa shape index (κ1) is 14.0. The lowest BCUT2D eigenvalue weighted by Crippen LogP contribution is -2.31. The first-order valence-electron chi connectivity index (χ1n) is 6.66. The summed E-state index contributed by atoms with van der Waals surface area (Å²) < 4.78 is 1.65. The Morgan fingerprint density at radius 2 is 1.85 bits per heavy atom. The van der Waals surface area contributed by atoms with Gasteiger partial charge < -0.3 is 10.6 Å². The van der Waals surface area contributed by atoms with E-state index in [1.165, 1.54) is 0 Å². The summed E-state index contributed by atoms with van der Waals surface area (Å²) in [5.41, 5.74) is 8.31. The molecule has 1 aromatic heterocycles. The standard InChI is InChI=1S/C14H19N5O/c1-4-18(5-2)14(20)13-10(3)19(17-16-13)12-8-6-11(15)7-9-12/h6-9H,4-5,15H2,1-3H3. The number of hydrogen-bond donors (Lipinski definition) is 1. The molecule has 0 atom stereocenters. The molecule has 2 aromatic rings. The molecule has 0 unspecified atom stereocenters. The summed E-state index contributed by atoms with van der Waals surface area (Å²) >= 11 is 0. The second-order valence-corrected chi connectivity index (χ2v) is 4.50. The van der Waals surface area contributed by atoms with Gasteiger partial charge in [0.05, 0.1) is 11.4 Å². The molecule has 6 heteroatoms. The Hall–Kier alpha value is -2.37. The quantitative estimate of drug-likeness (QED) is 0.859. The highest BCUT2D eigenvalue weighted by Crippen LogP contribution is 2.15. The monoisotopic (exact) mass is 273 g/mol. The van der Waals surface area contributed by atoms with E-state index in [0.29, 0.717) is 24.5 Å². The lowest BCUT2D eigenvalue weighted by molar-refractivity contribution is 0.0766. The predicted molar refractivity (Wildman–Crippen MR) is 77.8 cm³/mol. The summed E-state index contributed by atoms with van der Waals surface area (Å²) in [7, 11) is 0. The zero-order valence-electron chi connectivity index (χ0n) is 12.0. The first-order valence-corrected chi connectivity index (χ1v) is 6.66. The molecule has 0 aliphatic rings. The van der Waals surface area contributed by atoms with E-state index in [0.717, 1.165) is 11.4 Å². The molecule has 0 fully saturated rings. The number of nitrogens with two attached hydrogens (primary N) is 1. The zero-order chi connectivity index (χ0) is 14.7. The predicted octanol–water partition coefficient (Wildman–Crippen LogP) is 1.64. The highest BCUT2D eigenvalue weighted by Gasteiger charge is 2.21. The highest BCUT2D eigenvalue weighted by atomic mass is 16.2. The molecule has 20 heavy (non-hydrogen) atoms. The van der Waals surface area contributed by atoms with Crippen molar-refractivity contribution in [1.29, 1.82) is 0 Å². The summed E-state index contributed by atoms with van der Waals surface area (Å²) in [6.07, 6.45) is 0. The van der Waals surface area contributed by atoms with E-state index in [-0.39, 0.29) is 5.91 Å². The maximum absolute atomic E-state index is 12.3. The number of aromatic nitrogens is 3. The number of carbonyl (C=O) groups is 1. The molecule has 0 aliphatic heterocycles. The smallest absolute Gasteiger partial charge is 0.276 e. The number of benzene rings is 1. The van der Waals surface area contributed by atoms with E-state index < -0.39 is 0 Å². The van der Waals surface area contributed by atoms with Crippen LogP contribution in [0.4, 0.5) is 5.69 Å². The molecule has 0 saturated heterocycles. The van der Waals surface area contributed by atoms with Crippen LogP contribution in [-0.4, -0.2) is 38.9 Å². The lowest BCUT2D eigenvalue weighted by atomic mass is 10.2. The molecule has 1 aromatic carbocycles. The van der Waals surface area contributed by atoms with Crippen molar-refractivity contribution in [2.75, 3.05) is 18.8 Å². The van der Waals surface area contributed by atoms with Gasteiger partial charge in [-0.15, -0.1) is 5.10 Å². The van der Waals surface area contributed by atoms with Crippen LogP contribution in [-0.2, 0) is 0 Å². The van der Waals surface area contributed by atoms with E-state index in [9.17, 15) is 4.79 Å². The van der Waals surface area contributed by atoms with Gasteiger partial charge in [0.2, 0.25) is 0 Å². The third-order valence-electron chi connectivity index (χ3n) is 3.29. The Labute approximate surface area is 118 Å². The fourth-order valence-corrected chi connectivity index (χ4v) is 2.05. The molecule has 0 aliphatic carbocycles. The molecule has 2 rings (SSSR count). The fraction of sp³-hybridized carbons (Fsp3) is 0.357. The van der Waals surface area contributed by atoms with Gasteiger partial charge in [0.1, 0.15) is 0 Å². The number of amides is 1. The summed E-state index contributed by atoms with van der Waals surface area (Å²) in [6, 6.07) is 7.29. The molecule has 0 radical (unpaired) electrons. The molecule has 1 heterocycles. The molecule has 106 valence electrons. The minimum absolute atomic E-state index is 0.0887. The van der Waals surface area contributed by atoms with Crippen molar-refractivity contribution in [2.45, 2.75) is 20.8 Å². The van der Waals surface area contributed by atoms with Gasteiger partial charge in [0, 0.05) is 18.8 Å². The number of carbonyl (C=O) groups excluding carboxylic acids is 1. The molecule has 0 spiro atoms. The topological polar surface area (TPSA) is 77.0 Å². The van der Waals surface area contributed by atoms with Crippen LogP contribution in [0.5, 0.6) is 0 Å². The van der Waals surface area contributed by atoms with Gasteiger partial charge in [-0.25, -0.2) is 4.68 Å². The minimum Gasteiger partial charge on any atom is -0.399 e. The van der Waals surface area contributed by atoms with Crippen LogP contribution in [0.3, 0.4) is 0 Å². The molecular formula is C14H19N5O. The van der Waals surface area contributed by atoms with Crippen molar-refractivity contribution in [1.82, 2.24) is 19.9 Å². The second kappa shape index (κ2) is 5.73. The van der Waals surface area contributed by atoms with Crippen LogP contribution in [0, 0.1) is 6.92 Å². The normalized spacial score (nSPS) is 10.6. The fourth-order valence-electron chi connectivity index (χ4n) is 2.05. The number of nitrogens with zero attached hydrogens (tertiary/aromatic N) is 4. The molecule has 1 amide bonds. The van der Waals surface area contributed by atoms with Crippen LogP contribution >= 0.6 is 0 Å². The van der Waals surface area contributed by atoms with Gasteiger partial charge in [-0.3, -0.25) is 4.79 Å². The van der Waals surface area contributed by atoms with Crippen molar-refractivity contribution in [3.8, 4) is 5.69 Å². The van der Waals surface area contributed by atoms with Crippen molar-refractivity contribution in [3.63, 3.8) is 0 Å². The molecule has 6 nitrogen and oxygen atoms in total. The number of nitrogen functional groups attached to an aromatic ring is 1. The Morgan fingerprint density at radius 3 is 2.40 bits per heavy atom. The Balaban J connectivity index is 2.36. The third-order valence-corrected chi connectivity index (χ3v) is 3.29. The maximum Gasteiger partial charge on any atom is 0.276 e. The molecule has 2 N–H and O–H groups in total. The summed E-state index contributed by atoms with van der Waals surface area (Å²) in [4.78, 5) is 14.0. The van der Waals surface area contributed by atoms with Crippen LogP contribution in [0.2, 0.25) is 0 Å². The number of hydrogen-bond acceptors (Lipinski definition) is 4. The van der Waals surface area contributed by atoms with E-state index in [1.807, 2.05) is 32.9 Å². The Bertz CT molecular complexity index is 599. The first-order chi connectivity index (χ1) is 9.58. The SMILES string of the molecule is CCN(CC)C(=O)c1nnn(-c2ccc(N)cc2)c1C. The van der Waals surface area contributed by atoms with Crippen molar-refractivity contribution >= 4 is 11.6 Å². The van der Waals surface area contributed by atoms with Crippen molar-refractivity contribution in [3.05, 3.63) is 35.7 Å². The van der Waals surface area contributed by atoms with Crippen LogP contribution in [0.1, 0.15) is 30.0 Å². The van der Waals surface area contributed by atoms with Gasteiger partial charge in [0.15, 0.2) is 5.69 Å². The largest absolute Gasteiger partial charge is 0.399 e. The lowest BCUT2D eigenvalue weighted by Gasteiger charge is -2.17. The van der Waals surface area contributed by atoms with E-state index in [4.69, 9.17) is 5.73 Å². The second-order valence-electron chi connectivity index (χ2n) is 4.50. The Morgan fingerprint density at radius 1 is 1.25 bits per heavy atom. The average Bonchev–Trinajstić information content (AvgIpc) is 2.83. The minimum atomic E-state index is -0.0887. The van der Waals surface area contributed by atoms with E-state index in [2.05, 4.69) is 10.3 Å². The summed E-state index contributed by atoms with van der Waals surface area (Å²) in [5, 5.41) is 8.09. The molecular weight excluding hydrogens is 254 g/mol. The number of rotatable bonds is 4. The van der Waals surface area contributed by atoms with E-state index >= 15 is 0 Å². The third kappa shape index (κ3) is 2.49. The van der Waals surface area contributed by atoms with Crippen LogP contribution in [0.25, 0.3) is 5.69 Å².